The van der Waals surface area contributed by atoms with Crippen LogP contribution >= 0.6 is 0 Å². The van der Waals surface area contributed by atoms with Gasteiger partial charge in [0.2, 0.25) is 0 Å². The maximum absolute atomic E-state index is 4.52. The Morgan fingerprint density at radius 3 is 2.64 bits per heavy atom. The number of aryl methyl sites for hydroxylation is 3. The van der Waals surface area contributed by atoms with Crippen LogP contribution in [0.3, 0.4) is 0 Å². The highest BCUT2D eigenvalue weighted by Crippen LogP contribution is 1.97. The molecule has 0 radical (unpaired) electrons. The number of hydrogen-bond acceptors (Lipinski definition) is 1. The molecule has 0 N–H and O–H groups in total. The lowest BCUT2D eigenvalue weighted by molar-refractivity contribution is -0.755. The Bertz CT molecular complexity index is 265. The van der Waals surface area contributed by atoms with Gasteiger partial charge in [-0.05, 0) is 12.8 Å². The maximum atomic E-state index is 4.52. The highest BCUT2D eigenvalue weighted by atomic mass is 15.5. The molecule has 3 nitrogen and oxygen atoms in total. The van der Waals surface area contributed by atoms with E-state index < -0.39 is 0 Å². The van der Waals surface area contributed by atoms with Gasteiger partial charge in [0.1, 0.15) is 13.1 Å². The van der Waals surface area contributed by atoms with Gasteiger partial charge in [-0.25, -0.2) is 0 Å². The van der Waals surface area contributed by atoms with Crippen molar-refractivity contribution in [1.29, 1.82) is 0 Å². The van der Waals surface area contributed by atoms with Crippen molar-refractivity contribution < 1.29 is 4.68 Å². The molecule has 0 aromatic carbocycles. The Hall–Kier alpha value is -0.860. The molecule has 14 heavy (non-hydrogen) atoms. The third-order valence-electron chi connectivity index (χ3n) is 2.43. The number of unbranched alkanes of at least 4 members (excludes halogenated alkanes) is 2. The molecular weight excluding hydrogens is 174 g/mol. The van der Waals surface area contributed by atoms with Crippen molar-refractivity contribution in [2.45, 2.75) is 59.5 Å². The molecular formula is C11H22N3+. The second-order valence-corrected chi connectivity index (χ2v) is 3.85. The quantitative estimate of drug-likeness (QED) is 0.638. The maximum Gasteiger partial charge on any atom is 0.164 e. The van der Waals surface area contributed by atoms with E-state index in [-0.39, 0.29) is 0 Å². The Balaban J connectivity index is 2.53. The summed E-state index contributed by atoms with van der Waals surface area (Å²) in [5, 5.41) is 4.52. The third kappa shape index (κ3) is 3.13. The molecule has 0 saturated carbocycles. The molecule has 0 amide bonds. The van der Waals surface area contributed by atoms with Gasteiger partial charge in [-0.2, -0.15) is 0 Å². The number of hydrogen-bond donors (Lipinski definition) is 0. The Morgan fingerprint density at radius 1 is 1.29 bits per heavy atom. The zero-order valence-electron chi connectivity index (χ0n) is 9.66. The van der Waals surface area contributed by atoms with Crippen molar-refractivity contribution in [1.82, 2.24) is 9.90 Å². The summed E-state index contributed by atoms with van der Waals surface area (Å²) in [5.41, 5.74) is 1.27. The average Bonchev–Trinajstić information content (AvgIpc) is 2.53. The van der Waals surface area contributed by atoms with Gasteiger partial charge in [0.15, 0.2) is 11.9 Å². The molecule has 3 heteroatoms. The molecule has 0 aliphatic carbocycles. The smallest absolute Gasteiger partial charge is 0.137 e. The topological polar surface area (TPSA) is 21.7 Å². The zero-order chi connectivity index (χ0) is 10.4. The third-order valence-corrected chi connectivity index (χ3v) is 2.43. The minimum absolute atomic E-state index is 1.05. The Labute approximate surface area is 86.7 Å². The predicted molar refractivity (Wildman–Crippen MR) is 57.0 cm³/mol. The van der Waals surface area contributed by atoms with E-state index in [0.29, 0.717) is 0 Å². The van der Waals surface area contributed by atoms with Gasteiger partial charge in [0.25, 0.3) is 0 Å². The van der Waals surface area contributed by atoms with Crippen LogP contribution in [0.4, 0.5) is 0 Å². The second kappa shape index (κ2) is 5.78. The fourth-order valence-corrected chi connectivity index (χ4v) is 1.48. The van der Waals surface area contributed by atoms with E-state index in [0.717, 1.165) is 13.1 Å². The van der Waals surface area contributed by atoms with Crippen LogP contribution < -0.4 is 4.68 Å². The van der Waals surface area contributed by atoms with E-state index in [1.165, 1.54) is 31.4 Å². The normalized spacial score (nSPS) is 10.8. The van der Waals surface area contributed by atoms with Crippen molar-refractivity contribution >= 4 is 0 Å². The van der Waals surface area contributed by atoms with Crippen molar-refractivity contribution in [3.05, 3.63) is 11.9 Å². The molecule has 0 saturated heterocycles. The van der Waals surface area contributed by atoms with E-state index in [1.807, 2.05) is 0 Å². The van der Waals surface area contributed by atoms with E-state index in [2.05, 4.69) is 41.5 Å². The predicted octanol–water partition coefficient (Wildman–Crippen LogP) is 2.08. The van der Waals surface area contributed by atoms with Crippen molar-refractivity contribution in [3.8, 4) is 0 Å². The van der Waals surface area contributed by atoms with Crippen molar-refractivity contribution in [2.24, 2.45) is 0 Å². The summed E-state index contributed by atoms with van der Waals surface area (Å²) in [4.78, 5) is 0. The zero-order valence-corrected chi connectivity index (χ0v) is 9.66. The second-order valence-electron chi connectivity index (χ2n) is 3.85. The van der Waals surface area contributed by atoms with Crippen molar-refractivity contribution in [2.75, 3.05) is 0 Å². The SMILES string of the molecule is CCCCn1n[n+](CCCC)cc1C. The first-order valence-electron chi connectivity index (χ1n) is 5.72. The van der Waals surface area contributed by atoms with Gasteiger partial charge in [0, 0.05) is 6.92 Å². The highest BCUT2D eigenvalue weighted by Gasteiger charge is 2.10. The summed E-state index contributed by atoms with van der Waals surface area (Å²) in [6.07, 6.45) is 7.04. The van der Waals surface area contributed by atoms with Crippen LogP contribution in [0.15, 0.2) is 6.20 Å². The lowest BCUT2D eigenvalue weighted by atomic mass is 10.3. The standard InChI is InChI=1S/C11H22N3/c1-4-6-8-13-10-11(3)14(12-13)9-7-5-2/h10H,4-9H2,1-3H3/q+1. The molecule has 0 aliphatic heterocycles. The largest absolute Gasteiger partial charge is 0.164 e. The molecule has 1 aromatic heterocycles. The highest BCUT2D eigenvalue weighted by molar-refractivity contribution is 4.84. The molecule has 0 fully saturated rings. The van der Waals surface area contributed by atoms with E-state index in [9.17, 15) is 0 Å². The summed E-state index contributed by atoms with van der Waals surface area (Å²) in [6.45, 7) is 8.66. The Kier molecular flexibility index (Phi) is 4.63. The molecule has 0 bridgehead atoms. The summed E-state index contributed by atoms with van der Waals surface area (Å²) < 4.78 is 4.17. The van der Waals surface area contributed by atoms with Crippen LogP contribution in [0, 0.1) is 6.92 Å². The van der Waals surface area contributed by atoms with Gasteiger partial charge in [0.05, 0.1) is 5.21 Å². The van der Waals surface area contributed by atoms with Gasteiger partial charge >= 0.3 is 0 Å². The van der Waals surface area contributed by atoms with Crippen LogP contribution in [-0.4, -0.2) is 9.90 Å². The lowest BCUT2D eigenvalue weighted by Crippen LogP contribution is -2.36. The van der Waals surface area contributed by atoms with Gasteiger partial charge in [-0.1, -0.05) is 26.7 Å². The van der Waals surface area contributed by atoms with Crippen LogP contribution in [-0.2, 0) is 13.1 Å². The van der Waals surface area contributed by atoms with Crippen LogP contribution in [0.2, 0.25) is 0 Å². The molecule has 0 aliphatic rings. The lowest BCUT2D eigenvalue weighted by Gasteiger charge is -1.92. The summed E-state index contributed by atoms with van der Waals surface area (Å²) >= 11 is 0. The van der Waals surface area contributed by atoms with Gasteiger partial charge in [-0.15, -0.1) is 9.36 Å². The van der Waals surface area contributed by atoms with Gasteiger partial charge in [-0.3, -0.25) is 0 Å². The molecule has 0 unspecified atom stereocenters. The fraction of sp³-hybridized carbons (Fsp3) is 0.818. The molecule has 1 heterocycles. The Morgan fingerprint density at radius 2 is 2.00 bits per heavy atom. The molecule has 1 rings (SSSR count). The number of nitrogens with zero attached hydrogens (tertiary/aromatic N) is 3. The molecule has 0 spiro atoms. The molecule has 0 atom stereocenters. The van der Waals surface area contributed by atoms with E-state index >= 15 is 0 Å². The fourth-order valence-electron chi connectivity index (χ4n) is 1.48. The first-order valence-corrected chi connectivity index (χ1v) is 5.72. The first-order chi connectivity index (χ1) is 6.77. The summed E-state index contributed by atoms with van der Waals surface area (Å²) in [7, 11) is 0. The minimum Gasteiger partial charge on any atom is -0.137 e. The first kappa shape index (κ1) is 11.2. The number of aromatic nitrogens is 3. The van der Waals surface area contributed by atoms with Crippen LogP contribution in [0.1, 0.15) is 45.2 Å². The average molecular weight is 196 g/mol. The summed E-state index contributed by atoms with van der Waals surface area (Å²) in [6, 6.07) is 0. The van der Waals surface area contributed by atoms with E-state index in [4.69, 9.17) is 0 Å². The minimum atomic E-state index is 1.05. The van der Waals surface area contributed by atoms with Crippen LogP contribution in [0.25, 0.3) is 0 Å². The molecule has 80 valence electrons. The van der Waals surface area contributed by atoms with Gasteiger partial charge < -0.3 is 0 Å². The monoisotopic (exact) mass is 196 g/mol. The van der Waals surface area contributed by atoms with E-state index in [1.54, 1.807) is 0 Å². The van der Waals surface area contributed by atoms with Crippen LogP contribution in [0.5, 0.6) is 0 Å². The summed E-state index contributed by atoms with van der Waals surface area (Å²) in [5.74, 6) is 0. The van der Waals surface area contributed by atoms with Crippen molar-refractivity contribution in [3.63, 3.8) is 0 Å². The number of rotatable bonds is 6. The molecule has 1 aromatic rings.